The van der Waals surface area contributed by atoms with E-state index in [0.717, 1.165) is 8.61 Å². The number of carbonyl (C=O) groups excluding carboxylic acids is 2. The summed E-state index contributed by atoms with van der Waals surface area (Å²) < 4.78 is 32.6. The number of carbonyl (C=O) groups is 3. The van der Waals surface area contributed by atoms with Gasteiger partial charge < -0.3 is 15.2 Å². The number of nitrogens with zero attached hydrogens (tertiary/aromatic N) is 2. The quantitative estimate of drug-likeness (QED) is 0.500. The second-order valence-corrected chi connectivity index (χ2v) is 7.47. The molecule has 0 aromatic carbocycles. The van der Waals surface area contributed by atoms with Crippen molar-refractivity contribution >= 4 is 28.1 Å². The van der Waals surface area contributed by atoms with E-state index in [0.29, 0.717) is 12.8 Å². The van der Waals surface area contributed by atoms with E-state index in [2.05, 4.69) is 5.32 Å². The molecule has 0 spiro atoms. The van der Waals surface area contributed by atoms with Gasteiger partial charge in [0, 0.05) is 26.6 Å². The second-order valence-electron chi connectivity index (χ2n) is 5.64. The Bertz CT molecular complexity index is 608. The Kier molecular flexibility index (Phi) is 7.77. The topological polar surface area (TPSA) is 133 Å². The lowest BCUT2D eigenvalue weighted by Crippen LogP contribution is -2.54. The van der Waals surface area contributed by atoms with Gasteiger partial charge in [0.2, 0.25) is 5.91 Å². The predicted molar refractivity (Wildman–Crippen MR) is 87.8 cm³/mol. The van der Waals surface area contributed by atoms with Gasteiger partial charge in [0.1, 0.15) is 12.1 Å². The third kappa shape index (κ3) is 5.38. The van der Waals surface area contributed by atoms with Gasteiger partial charge in [0.05, 0.1) is 6.61 Å². The van der Waals surface area contributed by atoms with Gasteiger partial charge in [-0.15, -0.1) is 0 Å². The standard InChI is InChI=1S/C14H25N3O7S/c1-4-24-14(21)12-6-5-8-17(12)25(22,23)16(10(2)13(19)20)9-7-15-11(3)18/h10,12H,4-9H2,1-3H3,(H,15,18)(H,19,20). The van der Waals surface area contributed by atoms with Crippen LogP contribution in [0, 0.1) is 0 Å². The molecule has 25 heavy (non-hydrogen) atoms. The maximum atomic E-state index is 12.9. The summed E-state index contributed by atoms with van der Waals surface area (Å²) in [6.45, 7) is 4.11. The molecule has 144 valence electrons. The van der Waals surface area contributed by atoms with Crippen molar-refractivity contribution in [3.8, 4) is 0 Å². The predicted octanol–water partition coefficient (Wildman–Crippen LogP) is -0.830. The highest BCUT2D eigenvalue weighted by molar-refractivity contribution is 7.86. The van der Waals surface area contributed by atoms with Crippen LogP contribution in [0.15, 0.2) is 0 Å². The molecule has 0 saturated carbocycles. The number of carboxylic acids is 1. The molecular weight excluding hydrogens is 354 g/mol. The van der Waals surface area contributed by atoms with E-state index >= 15 is 0 Å². The van der Waals surface area contributed by atoms with Crippen LogP contribution in [0.1, 0.15) is 33.6 Å². The van der Waals surface area contributed by atoms with E-state index in [1.54, 1.807) is 6.92 Å². The second kappa shape index (κ2) is 9.11. The minimum Gasteiger partial charge on any atom is -0.480 e. The van der Waals surface area contributed by atoms with Crippen molar-refractivity contribution in [3.63, 3.8) is 0 Å². The van der Waals surface area contributed by atoms with E-state index in [1.807, 2.05) is 0 Å². The average molecular weight is 379 g/mol. The van der Waals surface area contributed by atoms with Gasteiger partial charge >= 0.3 is 11.9 Å². The van der Waals surface area contributed by atoms with Crippen LogP contribution in [0.4, 0.5) is 0 Å². The molecule has 10 nitrogen and oxygen atoms in total. The summed E-state index contributed by atoms with van der Waals surface area (Å²) in [5.74, 6) is -2.32. The number of rotatable bonds is 9. The molecule has 2 N–H and O–H groups in total. The number of hydrogen-bond acceptors (Lipinski definition) is 6. The van der Waals surface area contributed by atoms with Crippen LogP contribution in [0.3, 0.4) is 0 Å². The highest BCUT2D eigenvalue weighted by atomic mass is 32.2. The molecule has 1 saturated heterocycles. The van der Waals surface area contributed by atoms with Crippen LogP contribution in [-0.4, -0.2) is 78.3 Å². The largest absolute Gasteiger partial charge is 0.480 e. The van der Waals surface area contributed by atoms with Crippen molar-refractivity contribution in [3.05, 3.63) is 0 Å². The fourth-order valence-corrected chi connectivity index (χ4v) is 4.55. The van der Waals surface area contributed by atoms with Gasteiger partial charge in [-0.3, -0.25) is 14.4 Å². The Morgan fingerprint density at radius 1 is 1.40 bits per heavy atom. The zero-order valence-electron chi connectivity index (χ0n) is 14.6. The number of hydrogen-bond donors (Lipinski definition) is 2. The fraction of sp³-hybridized carbons (Fsp3) is 0.786. The Hall–Kier alpha value is -1.72. The van der Waals surface area contributed by atoms with Crippen molar-refractivity contribution in [2.24, 2.45) is 0 Å². The van der Waals surface area contributed by atoms with Crippen molar-refractivity contribution < 1.29 is 32.6 Å². The first-order valence-electron chi connectivity index (χ1n) is 8.05. The van der Waals surface area contributed by atoms with E-state index in [-0.39, 0.29) is 32.1 Å². The number of aliphatic carboxylic acids is 1. The van der Waals surface area contributed by atoms with Crippen LogP contribution in [-0.2, 0) is 29.3 Å². The molecular formula is C14H25N3O7S. The SMILES string of the molecule is CCOC(=O)C1CCCN1S(=O)(=O)N(CCNC(C)=O)C(C)C(=O)O. The van der Waals surface area contributed by atoms with Crippen LogP contribution in [0.2, 0.25) is 0 Å². The smallest absolute Gasteiger partial charge is 0.324 e. The third-order valence-electron chi connectivity index (χ3n) is 3.85. The molecule has 1 aliphatic rings. The van der Waals surface area contributed by atoms with Crippen molar-refractivity contribution in [1.29, 1.82) is 0 Å². The molecule has 1 rings (SSSR count). The molecule has 11 heteroatoms. The van der Waals surface area contributed by atoms with Crippen molar-refractivity contribution in [2.45, 2.75) is 45.7 Å². The van der Waals surface area contributed by atoms with Crippen LogP contribution in [0.25, 0.3) is 0 Å². The van der Waals surface area contributed by atoms with Gasteiger partial charge in [-0.1, -0.05) is 0 Å². The van der Waals surface area contributed by atoms with Crippen LogP contribution < -0.4 is 5.32 Å². The Morgan fingerprint density at radius 2 is 2.04 bits per heavy atom. The summed E-state index contributed by atoms with van der Waals surface area (Å²) >= 11 is 0. The summed E-state index contributed by atoms with van der Waals surface area (Å²) in [6.07, 6.45) is 0.794. The van der Waals surface area contributed by atoms with Gasteiger partial charge in [0.25, 0.3) is 10.2 Å². The van der Waals surface area contributed by atoms with E-state index < -0.39 is 34.2 Å². The number of esters is 1. The van der Waals surface area contributed by atoms with Gasteiger partial charge in [-0.2, -0.15) is 17.0 Å². The molecule has 2 atom stereocenters. The van der Waals surface area contributed by atoms with Gasteiger partial charge in [-0.05, 0) is 26.7 Å². The maximum Gasteiger partial charge on any atom is 0.324 e. The number of ether oxygens (including phenoxy) is 1. The zero-order valence-corrected chi connectivity index (χ0v) is 15.4. The lowest BCUT2D eigenvalue weighted by Gasteiger charge is -2.32. The summed E-state index contributed by atoms with van der Waals surface area (Å²) in [4.78, 5) is 34.3. The summed E-state index contributed by atoms with van der Waals surface area (Å²) in [7, 11) is -4.22. The summed E-state index contributed by atoms with van der Waals surface area (Å²) in [6, 6.07) is -2.31. The van der Waals surface area contributed by atoms with Crippen molar-refractivity contribution in [2.75, 3.05) is 26.2 Å². The van der Waals surface area contributed by atoms with Gasteiger partial charge in [-0.25, -0.2) is 0 Å². The molecule has 1 fully saturated rings. The molecule has 0 aromatic rings. The Balaban J connectivity index is 3.05. The van der Waals surface area contributed by atoms with Crippen molar-refractivity contribution in [1.82, 2.24) is 13.9 Å². The molecule has 0 radical (unpaired) electrons. The third-order valence-corrected chi connectivity index (χ3v) is 5.97. The molecule has 0 bridgehead atoms. The lowest BCUT2D eigenvalue weighted by molar-refractivity contribution is -0.147. The first-order valence-corrected chi connectivity index (χ1v) is 9.45. The molecule has 1 aliphatic heterocycles. The van der Waals surface area contributed by atoms with Gasteiger partial charge in [0.15, 0.2) is 0 Å². The normalized spacial score (nSPS) is 19.6. The highest BCUT2D eigenvalue weighted by Gasteiger charge is 2.44. The van der Waals surface area contributed by atoms with E-state index in [4.69, 9.17) is 4.74 Å². The maximum absolute atomic E-state index is 12.9. The monoisotopic (exact) mass is 379 g/mol. The highest BCUT2D eigenvalue weighted by Crippen LogP contribution is 2.25. The minimum atomic E-state index is -4.22. The Morgan fingerprint density at radius 3 is 2.56 bits per heavy atom. The summed E-state index contributed by atoms with van der Waals surface area (Å²) in [5, 5.41) is 11.7. The van der Waals surface area contributed by atoms with Crippen LogP contribution in [0.5, 0.6) is 0 Å². The minimum absolute atomic E-state index is 0.0376. The number of nitrogens with one attached hydrogen (secondary N) is 1. The molecule has 1 heterocycles. The molecule has 0 aromatic heterocycles. The molecule has 2 unspecified atom stereocenters. The fourth-order valence-electron chi connectivity index (χ4n) is 2.60. The van der Waals surface area contributed by atoms with Crippen LogP contribution >= 0.6 is 0 Å². The zero-order chi connectivity index (χ0) is 19.2. The first kappa shape index (κ1) is 21.3. The summed E-state index contributed by atoms with van der Waals surface area (Å²) in [5.41, 5.74) is 0. The lowest BCUT2D eigenvalue weighted by atomic mass is 10.2. The van der Waals surface area contributed by atoms with E-state index in [1.165, 1.54) is 13.8 Å². The number of carboxylic acid groups (broad SMARTS) is 1. The Labute approximate surface area is 147 Å². The van der Waals surface area contributed by atoms with E-state index in [9.17, 15) is 27.9 Å². The molecule has 1 amide bonds. The average Bonchev–Trinajstić information content (AvgIpc) is 3.01. The molecule has 0 aliphatic carbocycles. The number of amides is 1. The first-order chi connectivity index (χ1) is 11.6.